The average molecular weight is 414 g/mol. The highest BCUT2D eigenvalue weighted by molar-refractivity contribution is 6.06. The lowest BCUT2D eigenvalue weighted by Gasteiger charge is -2.10. The highest BCUT2D eigenvalue weighted by Crippen LogP contribution is 2.29. The van der Waals surface area contributed by atoms with Gasteiger partial charge < -0.3 is 5.32 Å². The second kappa shape index (κ2) is 7.58. The molecule has 0 saturated carbocycles. The third-order valence-electron chi connectivity index (χ3n) is 4.52. The molecular formula is C21H14F4N4O. The lowest BCUT2D eigenvalue weighted by molar-refractivity contribution is -0.137. The molecule has 0 radical (unpaired) electrons. The molecule has 1 N–H and O–H groups in total. The number of rotatable bonds is 4. The molecule has 0 aliphatic carbocycles. The lowest BCUT2D eigenvalue weighted by atomic mass is 10.1. The van der Waals surface area contributed by atoms with Crippen molar-refractivity contribution in [2.75, 3.05) is 0 Å². The van der Waals surface area contributed by atoms with Gasteiger partial charge in [-0.1, -0.05) is 18.2 Å². The number of hydrogen-bond acceptors (Lipinski definition) is 3. The number of aromatic nitrogens is 3. The highest BCUT2D eigenvalue weighted by Gasteiger charge is 2.30. The molecule has 1 amide bonds. The number of carbonyl (C=O) groups is 1. The maximum absolute atomic E-state index is 13.1. The zero-order valence-electron chi connectivity index (χ0n) is 15.3. The molecule has 0 aliphatic heterocycles. The maximum Gasteiger partial charge on any atom is 0.416 e. The van der Waals surface area contributed by atoms with Crippen molar-refractivity contribution in [3.05, 3.63) is 89.6 Å². The van der Waals surface area contributed by atoms with Crippen LogP contribution in [0.25, 0.3) is 16.6 Å². The zero-order valence-corrected chi connectivity index (χ0v) is 15.3. The molecule has 4 aromatic rings. The van der Waals surface area contributed by atoms with Crippen LogP contribution in [-0.2, 0) is 12.7 Å². The zero-order chi connectivity index (χ0) is 21.3. The minimum atomic E-state index is -4.45. The van der Waals surface area contributed by atoms with E-state index in [4.69, 9.17) is 0 Å². The number of carbonyl (C=O) groups excluding carboxylic acids is 1. The normalized spacial score (nSPS) is 11.6. The molecule has 0 saturated heterocycles. The summed E-state index contributed by atoms with van der Waals surface area (Å²) in [6.45, 7) is -0.0604. The second-order valence-electron chi connectivity index (χ2n) is 6.51. The summed E-state index contributed by atoms with van der Waals surface area (Å²) in [5, 5.41) is 7.43. The van der Waals surface area contributed by atoms with Crippen LogP contribution in [0.3, 0.4) is 0 Å². The Morgan fingerprint density at radius 1 is 1.03 bits per heavy atom. The number of alkyl halides is 3. The summed E-state index contributed by atoms with van der Waals surface area (Å²) in [7, 11) is 0. The number of nitrogens with zero attached hydrogens (tertiary/aromatic N) is 3. The van der Waals surface area contributed by atoms with Crippen molar-refractivity contribution in [3.8, 4) is 5.69 Å². The quantitative estimate of drug-likeness (QED) is 0.395. The molecule has 4 rings (SSSR count). The Kier molecular flexibility index (Phi) is 4.94. The Morgan fingerprint density at radius 2 is 1.83 bits per heavy atom. The van der Waals surface area contributed by atoms with Crippen LogP contribution in [-0.4, -0.2) is 20.7 Å². The van der Waals surface area contributed by atoms with Crippen LogP contribution in [0.4, 0.5) is 17.6 Å². The SMILES string of the molecule is O=C(NCc1cccc(C(F)(F)F)c1)c1cccc2c1cnn2-c1ccc(F)nc1. The second-order valence-corrected chi connectivity index (χ2v) is 6.51. The van der Waals surface area contributed by atoms with Crippen LogP contribution >= 0.6 is 0 Å². The average Bonchev–Trinajstić information content (AvgIpc) is 3.16. The summed E-state index contributed by atoms with van der Waals surface area (Å²) in [6, 6.07) is 12.5. The Morgan fingerprint density at radius 3 is 2.57 bits per heavy atom. The van der Waals surface area contributed by atoms with Crippen molar-refractivity contribution in [3.63, 3.8) is 0 Å². The third-order valence-corrected chi connectivity index (χ3v) is 4.52. The van der Waals surface area contributed by atoms with E-state index in [2.05, 4.69) is 15.4 Å². The van der Waals surface area contributed by atoms with E-state index in [0.717, 1.165) is 12.1 Å². The fraction of sp³-hybridized carbons (Fsp3) is 0.0952. The first-order valence-corrected chi connectivity index (χ1v) is 8.86. The van der Waals surface area contributed by atoms with E-state index in [1.807, 2.05) is 0 Å². The Hall–Kier alpha value is -3.75. The third kappa shape index (κ3) is 3.86. The van der Waals surface area contributed by atoms with Crippen LogP contribution in [0, 0.1) is 5.95 Å². The minimum Gasteiger partial charge on any atom is -0.348 e. The maximum atomic E-state index is 13.1. The van der Waals surface area contributed by atoms with Crippen LogP contribution < -0.4 is 5.32 Å². The fourth-order valence-electron chi connectivity index (χ4n) is 3.08. The van der Waals surface area contributed by atoms with Crippen molar-refractivity contribution in [2.45, 2.75) is 12.7 Å². The number of benzene rings is 2. The smallest absolute Gasteiger partial charge is 0.348 e. The van der Waals surface area contributed by atoms with Gasteiger partial charge >= 0.3 is 6.18 Å². The molecule has 2 aromatic carbocycles. The summed E-state index contributed by atoms with van der Waals surface area (Å²) in [6.07, 6.45) is -1.63. The van der Waals surface area contributed by atoms with Gasteiger partial charge in [0.25, 0.3) is 5.91 Å². The molecule has 30 heavy (non-hydrogen) atoms. The van der Waals surface area contributed by atoms with E-state index in [1.165, 1.54) is 41.3 Å². The summed E-state index contributed by atoms with van der Waals surface area (Å²) in [4.78, 5) is 16.3. The highest BCUT2D eigenvalue weighted by atomic mass is 19.4. The van der Waals surface area contributed by atoms with E-state index in [9.17, 15) is 22.4 Å². The van der Waals surface area contributed by atoms with E-state index in [1.54, 1.807) is 18.2 Å². The first-order valence-electron chi connectivity index (χ1n) is 8.86. The van der Waals surface area contributed by atoms with Gasteiger partial charge in [-0.15, -0.1) is 0 Å². The molecule has 2 aromatic heterocycles. The first-order chi connectivity index (χ1) is 14.3. The molecule has 9 heteroatoms. The monoisotopic (exact) mass is 414 g/mol. The van der Waals surface area contributed by atoms with Gasteiger partial charge in [-0.2, -0.15) is 22.7 Å². The van der Waals surface area contributed by atoms with Gasteiger partial charge in [0.1, 0.15) is 0 Å². The van der Waals surface area contributed by atoms with Gasteiger partial charge in [-0.3, -0.25) is 4.79 Å². The predicted octanol–water partition coefficient (Wildman–Crippen LogP) is 4.51. The predicted molar refractivity (Wildman–Crippen MR) is 101 cm³/mol. The van der Waals surface area contributed by atoms with Crippen molar-refractivity contribution in [2.24, 2.45) is 0 Å². The number of halogens is 4. The van der Waals surface area contributed by atoms with E-state index in [-0.39, 0.29) is 6.54 Å². The molecule has 0 bridgehead atoms. The number of pyridine rings is 1. The van der Waals surface area contributed by atoms with Crippen LogP contribution in [0.2, 0.25) is 0 Å². The van der Waals surface area contributed by atoms with Gasteiger partial charge in [0, 0.05) is 11.9 Å². The summed E-state index contributed by atoms with van der Waals surface area (Å²) >= 11 is 0. The van der Waals surface area contributed by atoms with Gasteiger partial charge in [-0.25, -0.2) is 9.67 Å². The molecule has 0 fully saturated rings. The Bertz CT molecular complexity index is 1220. The number of hydrogen-bond donors (Lipinski definition) is 1. The fourth-order valence-corrected chi connectivity index (χ4v) is 3.08. The number of amides is 1. The van der Waals surface area contributed by atoms with Gasteiger partial charge in [0.05, 0.1) is 34.7 Å². The largest absolute Gasteiger partial charge is 0.416 e. The van der Waals surface area contributed by atoms with Crippen molar-refractivity contribution in [1.82, 2.24) is 20.1 Å². The van der Waals surface area contributed by atoms with E-state index in [0.29, 0.717) is 27.7 Å². The van der Waals surface area contributed by atoms with Crippen molar-refractivity contribution >= 4 is 16.8 Å². The van der Waals surface area contributed by atoms with Gasteiger partial charge in [-0.05, 0) is 42.0 Å². The van der Waals surface area contributed by atoms with E-state index < -0.39 is 23.6 Å². The lowest BCUT2D eigenvalue weighted by Crippen LogP contribution is -2.23. The number of fused-ring (bicyclic) bond motifs is 1. The molecule has 2 heterocycles. The van der Waals surface area contributed by atoms with Gasteiger partial charge in [0.2, 0.25) is 5.95 Å². The van der Waals surface area contributed by atoms with Crippen LogP contribution in [0.1, 0.15) is 21.5 Å². The molecule has 0 aliphatic rings. The van der Waals surface area contributed by atoms with Crippen molar-refractivity contribution in [1.29, 1.82) is 0 Å². The Balaban J connectivity index is 1.58. The van der Waals surface area contributed by atoms with Crippen LogP contribution in [0.5, 0.6) is 0 Å². The topological polar surface area (TPSA) is 59.8 Å². The summed E-state index contributed by atoms with van der Waals surface area (Å²) in [5.41, 5.74) is 1.01. The molecule has 0 unspecified atom stereocenters. The molecule has 0 spiro atoms. The molecule has 5 nitrogen and oxygen atoms in total. The molecule has 152 valence electrons. The van der Waals surface area contributed by atoms with Crippen molar-refractivity contribution < 1.29 is 22.4 Å². The van der Waals surface area contributed by atoms with E-state index >= 15 is 0 Å². The first kappa shape index (κ1) is 19.6. The standard InChI is InChI=1S/C21H14F4N4O/c22-19-8-7-15(11-26-19)29-18-6-2-5-16(17(18)12-28-29)20(30)27-10-13-3-1-4-14(9-13)21(23,24)25/h1-9,11-12H,10H2,(H,27,30). The Labute approximate surface area is 168 Å². The molecule has 0 atom stereocenters. The summed E-state index contributed by atoms with van der Waals surface area (Å²) in [5.74, 6) is -1.07. The summed E-state index contributed by atoms with van der Waals surface area (Å²) < 4.78 is 53.1. The minimum absolute atomic E-state index is 0.0604. The molecular weight excluding hydrogens is 400 g/mol. The van der Waals surface area contributed by atoms with Gasteiger partial charge in [0.15, 0.2) is 0 Å². The van der Waals surface area contributed by atoms with Crippen LogP contribution in [0.15, 0.2) is 67.0 Å². The number of nitrogens with one attached hydrogen (secondary N) is 1.